The molecule has 39 heavy (non-hydrogen) atoms. The van der Waals surface area contributed by atoms with E-state index in [1.165, 1.54) is 23.7 Å². The molecule has 3 rings (SSSR count). The Bertz CT molecular complexity index is 1690. The summed E-state index contributed by atoms with van der Waals surface area (Å²) in [5.74, 6) is 1.21. The van der Waals surface area contributed by atoms with Crippen LogP contribution in [0.3, 0.4) is 0 Å². The van der Waals surface area contributed by atoms with Crippen molar-refractivity contribution in [2.75, 3.05) is 28.2 Å². The number of rotatable bonds is 11. The lowest BCUT2D eigenvalue weighted by molar-refractivity contribution is 0.479. The molecule has 0 aliphatic heterocycles. The van der Waals surface area contributed by atoms with Crippen LogP contribution in [0.1, 0.15) is 17.5 Å². The molecule has 13 nitrogen and oxygen atoms in total. The molecule has 0 unspecified atom stereocenters. The molecule has 0 saturated heterocycles. The minimum Gasteiger partial charge on any atom is -0.323 e. The molecule has 0 saturated carbocycles. The second-order valence-corrected chi connectivity index (χ2v) is 13.0. The molecule has 0 aliphatic carbocycles. The SMILES string of the molecule is CN(SCCCSc1ccc(C#N)c(C#N)c1)c1nc(Cl)nc(Nc2cc(S(=O)(=O)O)ccc2S(=O)(=O)O)n1. The number of nitrogens with zero attached hydrogens (tertiary/aromatic N) is 6. The lowest BCUT2D eigenvalue weighted by Gasteiger charge is -2.17. The molecule has 0 aliphatic rings. The van der Waals surface area contributed by atoms with Gasteiger partial charge in [-0.2, -0.15) is 42.3 Å². The largest absolute Gasteiger partial charge is 0.323 e. The number of hydrogen-bond acceptors (Lipinski definition) is 13. The van der Waals surface area contributed by atoms with Crippen LogP contribution in [-0.4, -0.2) is 59.4 Å². The highest BCUT2D eigenvalue weighted by atomic mass is 35.5. The predicted octanol–water partition coefficient (Wildman–Crippen LogP) is 3.77. The van der Waals surface area contributed by atoms with E-state index >= 15 is 0 Å². The molecular weight excluding hydrogens is 610 g/mol. The predicted molar refractivity (Wildman–Crippen MR) is 146 cm³/mol. The van der Waals surface area contributed by atoms with Crippen LogP contribution in [0.25, 0.3) is 0 Å². The third-order valence-electron chi connectivity index (χ3n) is 4.73. The van der Waals surface area contributed by atoms with Gasteiger partial charge in [0, 0.05) is 17.7 Å². The van der Waals surface area contributed by atoms with E-state index in [2.05, 4.69) is 20.3 Å². The fourth-order valence-electron chi connectivity index (χ4n) is 2.96. The van der Waals surface area contributed by atoms with E-state index in [0.29, 0.717) is 16.9 Å². The summed E-state index contributed by atoms with van der Waals surface area (Å²) in [6.07, 6.45) is 0.756. The first-order valence-electron chi connectivity index (χ1n) is 10.5. The van der Waals surface area contributed by atoms with Crippen LogP contribution >= 0.6 is 35.3 Å². The molecule has 1 heterocycles. The minimum absolute atomic E-state index is 0.0975. The van der Waals surface area contributed by atoms with Crippen LogP contribution in [0.4, 0.5) is 17.6 Å². The van der Waals surface area contributed by atoms with E-state index in [1.807, 2.05) is 12.1 Å². The highest BCUT2D eigenvalue weighted by Gasteiger charge is 2.21. The van der Waals surface area contributed by atoms with Crippen LogP contribution < -0.4 is 9.62 Å². The molecule has 0 spiro atoms. The molecule has 0 fully saturated rings. The maximum Gasteiger partial charge on any atom is 0.296 e. The number of nitrogens with one attached hydrogen (secondary N) is 1. The van der Waals surface area contributed by atoms with E-state index < -0.39 is 35.7 Å². The number of halogens is 1. The van der Waals surface area contributed by atoms with Crippen molar-refractivity contribution >= 4 is 73.1 Å². The summed E-state index contributed by atoms with van der Waals surface area (Å²) in [7, 11) is -7.81. The first-order chi connectivity index (χ1) is 18.3. The van der Waals surface area contributed by atoms with Crippen molar-refractivity contribution in [1.29, 1.82) is 10.5 Å². The summed E-state index contributed by atoms with van der Waals surface area (Å²) in [5, 5.41) is 20.4. The Morgan fingerprint density at radius 3 is 2.33 bits per heavy atom. The molecule has 2 aromatic carbocycles. The highest BCUT2D eigenvalue weighted by molar-refractivity contribution is 8.01. The molecule has 18 heteroatoms. The Hall–Kier alpha value is -3.16. The van der Waals surface area contributed by atoms with E-state index in [9.17, 15) is 25.9 Å². The van der Waals surface area contributed by atoms with Crippen molar-refractivity contribution in [3.05, 3.63) is 52.8 Å². The van der Waals surface area contributed by atoms with Crippen molar-refractivity contribution in [1.82, 2.24) is 15.0 Å². The van der Waals surface area contributed by atoms with E-state index in [4.69, 9.17) is 22.1 Å². The number of nitriles is 2. The van der Waals surface area contributed by atoms with Crippen molar-refractivity contribution in [2.24, 2.45) is 0 Å². The van der Waals surface area contributed by atoms with E-state index in [1.54, 1.807) is 29.6 Å². The molecule has 3 N–H and O–H groups in total. The van der Waals surface area contributed by atoms with Crippen molar-refractivity contribution in [3.63, 3.8) is 0 Å². The summed E-state index contributed by atoms with van der Waals surface area (Å²) in [6, 6.07) is 11.4. The fourth-order valence-corrected chi connectivity index (χ4v) is 6.07. The van der Waals surface area contributed by atoms with Gasteiger partial charge in [-0.15, -0.1) is 11.8 Å². The van der Waals surface area contributed by atoms with Gasteiger partial charge in [-0.3, -0.25) is 13.4 Å². The van der Waals surface area contributed by atoms with E-state index in [0.717, 1.165) is 35.3 Å². The standard InChI is InChI=1S/C21H18ClN7O6S4/c1-29(37-8-2-7-36-15-4-3-13(11-23)14(9-15)12-24)21-27-19(22)26-20(28-21)25-17-10-16(38(30,31)32)5-6-18(17)39(33,34)35/h3-6,9-10H,2,7-8H2,1H3,(H,30,31,32)(H,33,34,35)(H,25,26,27,28). The van der Waals surface area contributed by atoms with Gasteiger partial charge in [0.1, 0.15) is 17.0 Å². The highest BCUT2D eigenvalue weighted by Crippen LogP contribution is 2.29. The van der Waals surface area contributed by atoms with Gasteiger partial charge in [0.15, 0.2) is 0 Å². The van der Waals surface area contributed by atoms with Crippen molar-refractivity contribution in [2.45, 2.75) is 21.1 Å². The molecule has 204 valence electrons. The second-order valence-electron chi connectivity index (χ2n) is 7.42. The maximum atomic E-state index is 11.8. The lowest BCUT2D eigenvalue weighted by Crippen LogP contribution is -2.14. The van der Waals surface area contributed by atoms with Gasteiger partial charge in [0.25, 0.3) is 20.2 Å². The quantitative estimate of drug-likeness (QED) is 0.119. The zero-order chi connectivity index (χ0) is 28.8. The Morgan fingerprint density at radius 1 is 0.974 bits per heavy atom. The lowest BCUT2D eigenvalue weighted by atomic mass is 10.1. The normalized spacial score (nSPS) is 11.4. The Morgan fingerprint density at radius 2 is 1.69 bits per heavy atom. The minimum atomic E-state index is -4.79. The van der Waals surface area contributed by atoms with Gasteiger partial charge < -0.3 is 5.32 Å². The molecule has 0 amide bonds. The summed E-state index contributed by atoms with van der Waals surface area (Å²) >= 11 is 8.89. The average Bonchev–Trinajstić information content (AvgIpc) is 2.86. The third-order valence-corrected chi connectivity index (χ3v) is 8.76. The zero-order valence-electron chi connectivity index (χ0n) is 19.8. The van der Waals surface area contributed by atoms with Gasteiger partial charge in [0.05, 0.1) is 21.7 Å². The molecule has 0 radical (unpaired) electrons. The average molecular weight is 628 g/mol. The number of anilines is 3. The third kappa shape index (κ3) is 8.41. The van der Waals surface area contributed by atoms with E-state index in [-0.39, 0.29) is 17.2 Å². The number of thioether (sulfide) groups is 1. The van der Waals surface area contributed by atoms with Gasteiger partial charge >= 0.3 is 0 Å². The van der Waals surface area contributed by atoms with Crippen LogP contribution in [-0.2, 0) is 20.2 Å². The summed E-state index contributed by atoms with van der Waals surface area (Å²) in [6.45, 7) is 0. The van der Waals surface area contributed by atoms with Crippen LogP contribution in [0.2, 0.25) is 5.28 Å². The Kier molecular flexibility index (Phi) is 9.97. The molecule has 0 atom stereocenters. The molecule has 1 aromatic heterocycles. The van der Waals surface area contributed by atoms with Gasteiger partial charge in [0.2, 0.25) is 17.2 Å². The molecular formula is C21H18ClN7O6S4. The zero-order valence-corrected chi connectivity index (χ0v) is 23.8. The van der Waals surface area contributed by atoms with Gasteiger partial charge in [-0.1, -0.05) is 0 Å². The summed E-state index contributed by atoms with van der Waals surface area (Å²) in [5.41, 5.74) is 0.223. The second kappa shape index (κ2) is 12.8. The van der Waals surface area contributed by atoms with Crippen molar-refractivity contribution in [3.8, 4) is 12.1 Å². The smallest absolute Gasteiger partial charge is 0.296 e. The maximum absolute atomic E-state index is 11.8. The number of aromatic nitrogens is 3. The Balaban J connectivity index is 1.68. The summed E-state index contributed by atoms with van der Waals surface area (Å²) in [4.78, 5) is 11.6. The topological polar surface area (TPSA) is 210 Å². The first kappa shape index (κ1) is 30.4. The Labute approximate surface area is 237 Å². The molecule has 3 aromatic rings. The molecule has 0 bridgehead atoms. The summed E-state index contributed by atoms with van der Waals surface area (Å²) < 4.78 is 66.9. The van der Waals surface area contributed by atoms with Crippen molar-refractivity contribution < 1.29 is 25.9 Å². The van der Waals surface area contributed by atoms with Crippen LogP contribution in [0, 0.1) is 22.7 Å². The fraction of sp³-hybridized carbons (Fsp3) is 0.190. The first-order valence-corrected chi connectivity index (χ1v) is 15.7. The van der Waals surface area contributed by atoms with Crippen LogP contribution in [0.5, 0.6) is 0 Å². The number of hydrogen-bond donors (Lipinski definition) is 3. The monoisotopic (exact) mass is 627 g/mol. The number of benzene rings is 2. The van der Waals surface area contributed by atoms with Gasteiger partial charge in [-0.05, 0) is 72.1 Å². The van der Waals surface area contributed by atoms with Crippen LogP contribution in [0.15, 0.2) is 51.1 Å². The van der Waals surface area contributed by atoms with Gasteiger partial charge in [-0.25, -0.2) is 0 Å².